The molecule has 0 radical (unpaired) electrons. The summed E-state index contributed by atoms with van der Waals surface area (Å²) in [6.45, 7) is 2.62. The Kier molecular flexibility index (Phi) is 9.97. The molecule has 6 N–H and O–H groups in total. The quantitative estimate of drug-likeness (QED) is 0.326. The number of allylic oxidation sites excluding steroid dienone is 1. The number of amides is 1. The molecule has 0 aromatic rings. The maximum absolute atomic E-state index is 11.2. The van der Waals surface area contributed by atoms with Gasteiger partial charge in [-0.05, 0) is 19.3 Å². The van der Waals surface area contributed by atoms with Crippen LogP contribution in [0.15, 0.2) is 12.2 Å². The molecule has 12 heteroatoms. The fourth-order valence-electron chi connectivity index (χ4n) is 2.60. The van der Waals surface area contributed by atoms with E-state index in [-0.39, 0.29) is 11.8 Å². The van der Waals surface area contributed by atoms with E-state index in [1.54, 1.807) is 6.08 Å². The number of aliphatic hydroxyl groups excluding tert-OH is 2. The monoisotopic (exact) mass is 400 g/mol. The van der Waals surface area contributed by atoms with Crippen LogP contribution in [-0.4, -0.2) is 75.3 Å². The van der Waals surface area contributed by atoms with Gasteiger partial charge in [-0.2, -0.15) is 13.2 Å². The number of hydrogen-bond acceptors (Lipinski definition) is 6. The standard InChI is InChI=1S/C13H22N2O5.C2HF3O2/c1-3-4-8-5-9(13(19)20)15-11(8)12(10(18)6-16)14-7(2)17;3-2(4,5)1(6)7/h3-4,8-12,15-16,18H,5-6H2,1-2H3,(H,14,17)(H,19,20);(H,6,7)/b4-3-;/t8-,9+,10-,11+,12-;/m0./s1. The molecule has 1 heterocycles. The number of nitrogens with one attached hydrogen (secondary N) is 2. The van der Waals surface area contributed by atoms with E-state index in [1.165, 1.54) is 6.92 Å². The maximum Gasteiger partial charge on any atom is 0.490 e. The Labute approximate surface area is 152 Å². The van der Waals surface area contributed by atoms with E-state index in [0.29, 0.717) is 6.42 Å². The third-order valence-corrected chi connectivity index (χ3v) is 3.70. The molecule has 27 heavy (non-hydrogen) atoms. The third kappa shape index (κ3) is 8.37. The summed E-state index contributed by atoms with van der Waals surface area (Å²) >= 11 is 0. The zero-order chi connectivity index (χ0) is 21.4. The molecule has 1 fully saturated rings. The Morgan fingerprint density at radius 1 is 1.30 bits per heavy atom. The second-order valence-corrected chi connectivity index (χ2v) is 5.79. The molecular weight excluding hydrogens is 377 g/mol. The van der Waals surface area contributed by atoms with Crippen LogP contribution in [0.1, 0.15) is 20.3 Å². The predicted molar refractivity (Wildman–Crippen MR) is 85.7 cm³/mol. The van der Waals surface area contributed by atoms with Gasteiger partial charge in [-0.3, -0.25) is 14.9 Å². The molecule has 0 saturated carbocycles. The number of carbonyl (C=O) groups is 3. The van der Waals surface area contributed by atoms with Gasteiger partial charge in [0, 0.05) is 13.0 Å². The van der Waals surface area contributed by atoms with Gasteiger partial charge in [0.1, 0.15) is 6.04 Å². The van der Waals surface area contributed by atoms with Crippen LogP contribution < -0.4 is 10.6 Å². The second-order valence-electron chi connectivity index (χ2n) is 5.79. The average molecular weight is 400 g/mol. The minimum Gasteiger partial charge on any atom is -0.480 e. The van der Waals surface area contributed by atoms with E-state index in [9.17, 15) is 27.9 Å². The Balaban J connectivity index is 0.000000821. The number of halogens is 3. The van der Waals surface area contributed by atoms with Crippen LogP contribution in [0.4, 0.5) is 13.2 Å². The first-order chi connectivity index (χ1) is 12.3. The number of aliphatic carboxylic acids is 2. The Hall–Kier alpha value is -2.18. The highest BCUT2D eigenvalue weighted by molar-refractivity contribution is 5.75. The lowest BCUT2D eigenvalue weighted by molar-refractivity contribution is -0.192. The lowest BCUT2D eigenvalue weighted by Gasteiger charge is -2.31. The summed E-state index contributed by atoms with van der Waals surface area (Å²) in [6, 6.07) is -1.93. The molecule has 1 aliphatic rings. The highest BCUT2D eigenvalue weighted by Gasteiger charge is 2.42. The number of carboxylic acids is 2. The van der Waals surface area contributed by atoms with Gasteiger partial charge in [-0.15, -0.1) is 0 Å². The van der Waals surface area contributed by atoms with E-state index < -0.39 is 49.0 Å². The summed E-state index contributed by atoms with van der Waals surface area (Å²) < 4.78 is 31.7. The Morgan fingerprint density at radius 2 is 1.81 bits per heavy atom. The van der Waals surface area contributed by atoms with Crippen LogP contribution >= 0.6 is 0 Å². The van der Waals surface area contributed by atoms with Crippen molar-refractivity contribution >= 4 is 17.8 Å². The van der Waals surface area contributed by atoms with Crippen molar-refractivity contribution in [1.82, 2.24) is 10.6 Å². The Morgan fingerprint density at radius 3 is 2.15 bits per heavy atom. The molecule has 9 nitrogen and oxygen atoms in total. The smallest absolute Gasteiger partial charge is 0.480 e. The summed E-state index contributed by atoms with van der Waals surface area (Å²) in [5.41, 5.74) is 0. The van der Waals surface area contributed by atoms with Crippen molar-refractivity contribution in [3.63, 3.8) is 0 Å². The van der Waals surface area contributed by atoms with Crippen molar-refractivity contribution < 1.29 is 48.0 Å². The van der Waals surface area contributed by atoms with Gasteiger partial charge in [0.25, 0.3) is 0 Å². The van der Waals surface area contributed by atoms with E-state index in [2.05, 4.69) is 10.6 Å². The molecule has 0 aromatic carbocycles. The van der Waals surface area contributed by atoms with Gasteiger partial charge in [0.15, 0.2) is 0 Å². The zero-order valence-electron chi connectivity index (χ0n) is 14.6. The van der Waals surface area contributed by atoms with Crippen molar-refractivity contribution in [1.29, 1.82) is 0 Å². The SMILES string of the molecule is C/C=C\[C@H]1C[C@H](C(=O)O)N[C@H]1[C@@H](NC(C)=O)[C@@H](O)CO.O=C(O)C(F)(F)F. The number of alkyl halides is 3. The highest BCUT2D eigenvalue weighted by Crippen LogP contribution is 2.26. The summed E-state index contributed by atoms with van der Waals surface area (Å²) in [5.74, 6) is -4.21. The Bertz CT molecular complexity index is 554. The molecule has 0 aromatic heterocycles. The number of aliphatic hydroxyl groups is 2. The molecule has 0 unspecified atom stereocenters. The molecule has 0 spiro atoms. The maximum atomic E-state index is 11.2. The molecular formula is C15H23F3N2O7. The molecule has 156 valence electrons. The molecule has 1 rings (SSSR count). The summed E-state index contributed by atoms with van der Waals surface area (Å²) in [5, 5.41) is 40.7. The van der Waals surface area contributed by atoms with Gasteiger partial charge in [-0.25, -0.2) is 4.79 Å². The normalized spacial score (nSPS) is 24.6. The van der Waals surface area contributed by atoms with Crippen LogP contribution in [0, 0.1) is 5.92 Å². The summed E-state index contributed by atoms with van der Waals surface area (Å²) in [6.07, 6.45) is -2.21. The largest absolute Gasteiger partial charge is 0.490 e. The molecule has 1 aliphatic heterocycles. The fourth-order valence-corrected chi connectivity index (χ4v) is 2.60. The van der Waals surface area contributed by atoms with Crippen molar-refractivity contribution in [3.8, 4) is 0 Å². The van der Waals surface area contributed by atoms with Gasteiger partial charge < -0.3 is 25.7 Å². The van der Waals surface area contributed by atoms with Crippen molar-refractivity contribution in [2.45, 2.75) is 50.7 Å². The molecule has 5 atom stereocenters. The topological polar surface area (TPSA) is 156 Å². The molecule has 0 bridgehead atoms. The first-order valence-electron chi connectivity index (χ1n) is 7.82. The van der Waals surface area contributed by atoms with Gasteiger partial charge in [-0.1, -0.05) is 12.2 Å². The number of rotatable bonds is 6. The van der Waals surface area contributed by atoms with Crippen LogP contribution in [-0.2, 0) is 14.4 Å². The van der Waals surface area contributed by atoms with E-state index in [4.69, 9.17) is 20.1 Å². The van der Waals surface area contributed by atoms with Gasteiger partial charge in [0.05, 0.1) is 18.8 Å². The van der Waals surface area contributed by atoms with Gasteiger partial charge >= 0.3 is 18.1 Å². The minimum absolute atomic E-state index is 0.140. The van der Waals surface area contributed by atoms with Crippen LogP contribution in [0.2, 0.25) is 0 Å². The molecule has 1 amide bonds. The lowest BCUT2D eigenvalue weighted by Crippen LogP contribution is -2.57. The van der Waals surface area contributed by atoms with Crippen LogP contribution in [0.5, 0.6) is 0 Å². The molecule has 0 aliphatic carbocycles. The number of carboxylic acid groups (broad SMARTS) is 2. The lowest BCUT2D eigenvalue weighted by atomic mass is 9.90. The predicted octanol–water partition coefficient (Wildman–Crippen LogP) is -0.515. The van der Waals surface area contributed by atoms with Crippen molar-refractivity contribution in [2.75, 3.05) is 6.61 Å². The first kappa shape index (κ1) is 24.8. The zero-order valence-corrected chi connectivity index (χ0v) is 14.6. The second kappa shape index (κ2) is 10.8. The van der Waals surface area contributed by atoms with Crippen molar-refractivity contribution in [3.05, 3.63) is 12.2 Å². The fraction of sp³-hybridized carbons (Fsp3) is 0.667. The van der Waals surface area contributed by atoms with E-state index >= 15 is 0 Å². The van der Waals surface area contributed by atoms with E-state index in [0.717, 1.165) is 0 Å². The minimum atomic E-state index is -5.08. The van der Waals surface area contributed by atoms with Crippen molar-refractivity contribution in [2.24, 2.45) is 5.92 Å². The summed E-state index contributed by atoms with van der Waals surface area (Å²) in [4.78, 5) is 31.2. The molecule has 1 saturated heterocycles. The van der Waals surface area contributed by atoms with Gasteiger partial charge in [0.2, 0.25) is 5.91 Å². The first-order valence-corrected chi connectivity index (χ1v) is 7.82. The van der Waals surface area contributed by atoms with Crippen LogP contribution in [0.3, 0.4) is 0 Å². The van der Waals surface area contributed by atoms with Crippen LogP contribution in [0.25, 0.3) is 0 Å². The third-order valence-electron chi connectivity index (χ3n) is 3.70. The summed E-state index contributed by atoms with van der Waals surface area (Å²) in [7, 11) is 0. The average Bonchev–Trinajstić information content (AvgIpc) is 2.95. The number of hydrogen-bond donors (Lipinski definition) is 6. The van der Waals surface area contributed by atoms with E-state index in [1.807, 2.05) is 13.0 Å². The highest BCUT2D eigenvalue weighted by atomic mass is 19.4. The number of carbonyl (C=O) groups excluding carboxylic acids is 1.